The molecule has 1 N–H and O–H groups in total. The smallest absolute Gasteiger partial charge is 0.295 e. The van der Waals surface area contributed by atoms with Crippen molar-refractivity contribution in [3.8, 4) is 0 Å². The van der Waals surface area contributed by atoms with E-state index in [0.29, 0.717) is 11.1 Å². The molecule has 6 heteroatoms. The predicted molar refractivity (Wildman–Crippen MR) is 102 cm³/mol. The lowest BCUT2D eigenvalue weighted by Gasteiger charge is -2.35. The van der Waals surface area contributed by atoms with Crippen molar-refractivity contribution in [1.82, 2.24) is 9.88 Å². The van der Waals surface area contributed by atoms with Gasteiger partial charge in [0.15, 0.2) is 0 Å². The summed E-state index contributed by atoms with van der Waals surface area (Å²) < 4.78 is 13.3. The van der Waals surface area contributed by atoms with Crippen LogP contribution in [-0.2, 0) is 9.59 Å². The zero-order valence-corrected chi connectivity index (χ0v) is 15.3. The van der Waals surface area contributed by atoms with E-state index in [0.717, 1.165) is 32.1 Å². The quantitative estimate of drug-likeness (QED) is 0.497. The molecule has 5 nitrogen and oxygen atoms in total. The van der Waals surface area contributed by atoms with Crippen LogP contribution in [0.3, 0.4) is 0 Å². The number of ketones is 1. The number of amides is 1. The van der Waals surface area contributed by atoms with Gasteiger partial charge in [-0.1, -0.05) is 25.3 Å². The monoisotopic (exact) mass is 380 g/mol. The number of nitrogens with zero attached hydrogens (tertiary/aromatic N) is 2. The van der Waals surface area contributed by atoms with Crippen LogP contribution in [0.1, 0.15) is 49.3 Å². The highest BCUT2D eigenvalue weighted by Gasteiger charge is 2.48. The van der Waals surface area contributed by atoms with Crippen LogP contribution < -0.4 is 0 Å². The molecule has 1 saturated carbocycles. The van der Waals surface area contributed by atoms with E-state index in [2.05, 4.69) is 4.98 Å². The number of rotatable bonds is 3. The third kappa shape index (κ3) is 3.19. The van der Waals surface area contributed by atoms with E-state index in [1.807, 2.05) is 0 Å². The molecular formula is C22H21FN2O3. The lowest BCUT2D eigenvalue weighted by Crippen LogP contribution is -2.40. The van der Waals surface area contributed by atoms with Gasteiger partial charge in [0, 0.05) is 24.0 Å². The van der Waals surface area contributed by atoms with Gasteiger partial charge in [-0.05, 0) is 48.7 Å². The highest BCUT2D eigenvalue weighted by Crippen LogP contribution is 2.42. The Morgan fingerprint density at radius 3 is 2.43 bits per heavy atom. The first-order valence-electron chi connectivity index (χ1n) is 9.54. The number of aliphatic hydroxyl groups is 1. The predicted octanol–water partition coefficient (Wildman–Crippen LogP) is 3.98. The standard InChI is InChI=1S/C22H21FN2O3/c23-16-10-8-14(9-11-16)20(26)18-19(15-5-4-12-24-13-15)25(22(28)21(18)27)17-6-2-1-3-7-17/h4-5,8-13,17,19,26H,1-3,6-7H2/b20-18-. The van der Waals surface area contributed by atoms with Crippen LogP contribution in [0.2, 0.25) is 0 Å². The third-order valence-corrected chi connectivity index (χ3v) is 5.57. The van der Waals surface area contributed by atoms with Crippen LogP contribution in [0.5, 0.6) is 0 Å². The molecule has 1 aromatic carbocycles. The second-order valence-corrected chi connectivity index (χ2v) is 7.29. The number of halogens is 1. The highest BCUT2D eigenvalue weighted by molar-refractivity contribution is 6.46. The number of Topliss-reactive ketones (excluding diaryl/α,β-unsaturated/α-hetero) is 1. The molecule has 2 fully saturated rings. The van der Waals surface area contributed by atoms with Crippen LogP contribution in [0.25, 0.3) is 5.76 Å². The summed E-state index contributed by atoms with van der Waals surface area (Å²) in [5, 5.41) is 10.9. The molecule has 1 unspecified atom stereocenters. The number of aliphatic hydroxyl groups excluding tert-OH is 1. The number of benzene rings is 1. The molecule has 1 aromatic heterocycles. The Labute approximate surface area is 162 Å². The molecule has 2 aliphatic rings. The number of carbonyl (C=O) groups is 2. The molecule has 4 rings (SSSR count). The van der Waals surface area contributed by atoms with Gasteiger partial charge in [0.05, 0.1) is 11.6 Å². The Kier molecular flexibility index (Phi) is 4.94. The van der Waals surface area contributed by atoms with Gasteiger partial charge in [-0.3, -0.25) is 14.6 Å². The van der Waals surface area contributed by atoms with Crippen molar-refractivity contribution in [2.45, 2.75) is 44.2 Å². The maximum Gasteiger partial charge on any atom is 0.295 e. The maximum atomic E-state index is 13.3. The molecule has 0 bridgehead atoms. The average molecular weight is 380 g/mol. The Bertz CT molecular complexity index is 919. The van der Waals surface area contributed by atoms with E-state index in [9.17, 15) is 19.1 Å². The number of likely N-dealkylation sites (tertiary alicyclic amines) is 1. The van der Waals surface area contributed by atoms with Crippen LogP contribution in [0, 0.1) is 5.82 Å². The summed E-state index contributed by atoms with van der Waals surface area (Å²) in [6.45, 7) is 0. The van der Waals surface area contributed by atoms with E-state index >= 15 is 0 Å². The van der Waals surface area contributed by atoms with Gasteiger partial charge in [-0.2, -0.15) is 0 Å². The largest absolute Gasteiger partial charge is 0.507 e. The van der Waals surface area contributed by atoms with E-state index < -0.39 is 23.5 Å². The highest BCUT2D eigenvalue weighted by atomic mass is 19.1. The van der Waals surface area contributed by atoms with Gasteiger partial charge in [0.1, 0.15) is 11.6 Å². The summed E-state index contributed by atoms with van der Waals surface area (Å²) in [4.78, 5) is 31.6. The summed E-state index contributed by atoms with van der Waals surface area (Å²) in [5.74, 6) is -2.03. The third-order valence-electron chi connectivity index (χ3n) is 5.57. The van der Waals surface area contributed by atoms with Crippen molar-refractivity contribution < 1.29 is 19.1 Å². The molecule has 1 amide bonds. The summed E-state index contributed by atoms with van der Waals surface area (Å²) >= 11 is 0. The van der Waals surface area contributed by atoms with E-state index in [4.69, 9.17) is 0 Å². The van der Waals surface area contributed by atoms with Crippen LogP contribution >= 0.6 is 0 Å². The Morgan fingerprint density at radius 2 is 1.79 bits per heavy atom. The molecule has 28 heavy (non-hydrogen) atoms. The molecular weight excluding hydrogens is 359 g/mol. The molecule has 1 saturated heterocycles. The SMILES string of the molecule is O=C1C(=O)N(C2CCCCC2)C(c2cccnc2)/C1=C(/O)c1ccc(F)cc1. The van der Waals surface area contributed by atoms with E-state index in [1.165, 1.54) is 24.3 Å². The van der Waals surface area contributed by atoms with Gasteiger partial charge in [0.2, 0.25) is 0 Å². The van der Waals surface area contributed by atoms with Crippen molar-refractivity contribution in [1.29, 1.82) is 0 Å². The molecule has 1 atom stereocenters. The zero-order chi connectivity index (χ0) is 19.7. The van der Waals surface area contributed by atoms with Gasteiger partial charge in [0.25, 0.3) is 11.7 Å². The minimum Gasteiger partial charge on any atom is -0.507 e. The molecule has 2 aromatic rings. The first kappa shape index (κ1) is 18.3. The van der Waals surface area contributed by atoms with E-state index in [-0.39, 0.29) is 17.4 Å². The normalized spacial score (nSPS) is 22.6. The fourth-order valence-electron chi connectivity index (χ4n) is 4.21. The first-order chi connectivity index (χ1) is 13.6. The molecule has 1 aliphatic carbocycles. The lowest BCUT2D eigenvalue weighted by molar-refractivity contribution is -0.141. The fraction of sp³-hybridized carbons (Fsp3) is 0.318. The minimum atomic E-state index is -0.707. The summed E-state index contributed by atoms with van der Waals surface area (Å²) in [7, 11) is 0. The second-order valence-electron chi connectivity index (χ2n) is 7.29. The van der Waals surface area contributed by atoms with E-state index in [1.54, 1.807) is 29.4 Å². The van der Waals surface area contributed by atoms with Gasteiger partial charge < -0.3 is 10.0 Å². The van der Waals surface area contributed by atoms with Crippen LogP contribution in [0.4, 0.5) is 4.39 Å². The Hall–Kier alpha value is -3.02. The summed E-state index contributed by atoms with van der Waals surface area (Å²) in [6, 6.07) is 8.04. The minimum absolute atomic E-state index is 0.0372. The Balaban J connectivity index is 1.85. The molecule has 0 radical (unpaired) electrons. The van der Waals surface area contributed by atoms with Crippen molar-refractivity contribution in [3.05, 3.63) is 71.3 Å². The van der Waals surface area contributed by atoms with Gasteiger partial charge >= 0.3 is 0 Å². The van der Waals surface area contributed by atoms with Crippen LogP contribution in [0.15, 0.2) is 54.4 Å². The number of carbonyl (C=O) groups excluding carboxylic acids is 2. The average Bonchev–Trinajstić information content (AvgIpc) is 3.00. The van der Waals surface area contributed by atoms with Crippen molar-refractivity contribution in [2.24, 2.45) is 0 Å². The number of aromatic nitrogens is 1. The van der Waals surface area contributed by atoms with Crippen molar-refractivity contribution in [2.75, 3.05) is 0 Å². The Morgan fingerprint density at radius 1 is 1.07 bits per heavy atom. The molecule has 144 valence electrons. The molecule has 0 spiro atoms. The number of pyridine rings is 1. The number of hydrogen-bond donors (Lipinski definition) is 1. The molecule has 1 aliphatic heterocycles. The van der Waals surface area contributed by atoms with Crippen molar-refractivity contribution >= 4 is 17.4 Å². The summed E-state index contributed by atoms with van der Waals surface area (Å²) in [5.41, 5.74) is 1.02. The van der Waals surface area contributed by atoms with Gasteiger partial charge in [-0.25, -0.2) is 4.39 Å². The van der Waals surface area contributed by atoms with Crippen LogP contribution in [-0.4, -0.2) is 32.7 Å². The first-order valence-corrected chi connectivity index (χ1v) is 9.54. The number of hydrogen-bond acceptors (Lipinski definition) is 4. The second kappa shape index (κ2) is 7.54. The lowest BCUT2D eigenvalue weighted by atomic mass is 9.91. The van der Waals surface area contributed by atoms with Crippen molar-refractivity contribution in [3.63, 3.8) is 0 Å². The topological polar surface area (TPSA) is 70.5 Å². The fourth-order valence-corrected chi connectivity index (χ4v) is 4.21. The summed E-state index contributed by atoms with van der Waals surface area (Å²) in [6.07, 6.45) is 8.03. The molecule has 2 heterocycles. The zero-order valence-electron chi connectivity index (χ0n) is 15.3. The maximum absolute atomic E-state index is 13.3. The van der Waals surface area contributed by atoms with Gasteiger partial charge in [-0.15, -0.1) is 0 Å².